The largest absolute Gasteiger partial charge is 0.244 e. The summed E-state index contributed by atoms with van der Waals surface area (Å²) < 4.78 is 27.0. The first kappa shape index (κ1) is 15.9. The summed E-state index contributed by atoms with van der Waals surface area (Å²) in [5.41, 5.74) is 2.10. The van der Waals surface area contributed by atoms with Crippen molar-refractivity contribution < 1.29 is 8.42 Å². The Hall–Kier alpha value is -1.50. The Labute approximate surface area is 129 Å². The summed E-state index contributed by atoms with van der Waals surface area (Å²) in [6, 6.07) is 7.47. The zero-order valence-corrected chi connectivity index (χ0v) is 13.3. The second kappa shape index (κ2) is 6.51. The van der Waals surface area contributed by atoms with Crippen molar-refractivity contribution in [3.8, 4) is 0 Å². The molecule has 0 aliphatic rings. The predicted octanol–water partition coefficient (Wildman–Crippen LogP) is 2.73. The number of hydrogen-bond donors (Lipinski definition) is 1. The molecule has 0 saturated heterocycles. The Balaban J connectivity index is 2.17. The molecular weight excluding hydrogens is 310 g/mol. The average molecular weight is 326 g/mol. The van der Waals surface area contributed by atoms with Crippen molar-refractivity contribution in [2.45, 2.75) is 31.2 Å². The van der Waals surface area contributed by atoms with E-state index in [1.54, 1.807) is 6.92 Å². The van der Waals surface area contributed by atoms with Crippen LogP contribution in [0, 0.1) is 0 Å². The van der Waals surface area contributed by atoms with Crippen LogP contribution >= 0.6 is 11.6 Å². The first-order chi connectivity index (χ1) is 9.92. The maximum atomic E-state index is 12.2. The van der Waals surface area contributed by atoms with Gasteiger partial charge < -0.3 is 0 Å². The smallest absolute Gasteiger partial charge is 0.225 e. The highest BCUT2D eigenvalue weighted by atomic mass is 35.5. The molecule has 1 N–H and O–H groups in total. The molecule has 0 amide bonds. The fraction of sp³-hybridized carbons (Fsp3) is 0.286. The highest BCUT2D eigenvalue weighted by Gasteiger charge is 2.19. The minimum Gasteiger partial charge on any atom is -0.225 e. The normalized spacial score (nSPS) is 13.1. The predicted molar refractivity (Wildman–Crippen MR) is 81.6 cm³/mol. The molecule has 1 aromatic heterocycles. The maximum Gasteiger partial charge on any atom is 0.244 e. The zero-order chi connectivity index (χ0) is 15.5. The van der Waals surface area contributed by atoms with Crippen LogP contribution in [-0.4, -0.2) is 18.4 Å². The van der Waals surface area contributed by atoms with Crippen LogP contribution in [-0.2, 0) is 16.4 Å². The molecule has 1 atom stereocenters. The van der Waals surface area contributed by atoms with Crippen LogP contribution in [0.1, 0.15) is 31.0 Å². The van der Waals surface area contributed by atoms with Gasteiger partial charge in [0.2, 0.25) is 15.3 Å². The molecule has 1 aromatic carbocycles. The van der Waals surface area contributed by atoms with E-state index in [4.69, 9.17) is 11.6 Å². The monoisotopic (exact) mass is 325 g/mol. The van der Waals surface area contributed by atoms with Crippen molar-refractivity contribution in [3.63, 3.8) is 0 Å². The summed E-state index contributed by atoms with van der Waals surface area (Å²) in [4.78, 5) is 7.36. The molecule has 7 heteroatoms. The Bertz CT molecular complexity index is 700. The number of hydrogen-bond acceptors (Lipinski definition) is 4. The molecule has 1 unspecified atom stereocenters. The lowest BCUT2D eigenvalue weighted by atomic mass is 10.1. The first-order valence-corrected chi connectivity index (χ1v) is 8.37. The van der Waals surface area contributed by atoms with Crippen LogP contribution in [0.4, 0.5) is 0 Å². The fourth-order valence-electron chi connectivity index (χ4n) is 1.85. The second-order valence-corrected chi connectivity index (χ2v) is 6.68. The molecule has 0 saturated carbocycles. The lowest BCUT2D eigenvalue weighted by Gasteiger charge is -2.14. The van der Waals surface area contributed by atoms with E-state index in [1.165, 1.54) is 18.0 Å². The Morgan fingerprint density at radius 1 is 1.19 bits per heavy atom. The molecule has 2 rings (SSSR count). The van der Waals surface area contributed by atoms with Gasteiger partial charge in [0.1, 0.15) is 4.90 Å². The van der Waals surface area contributed by atoms with Crippen molar-refractivity contribution in [1.29, 1.82) is 0 Å². The van der Waals surface area contributed by atoms with Crippen LogP contribution in [0.25, 0.3) is 0 Å². The molecule has 21 heavy (non-hydrogen) atoms. The minimum absolute atomic E-state index is 0.0103. The van der Waals surface area contributed by atoms with Crippen LogP contribution in [0.15, 0.2) is 41.6 Å². The number of benzene rings is 1. The quantitative estimate of drug-likeness (QED) is 0.858. The molecule has 0 spiro atoms. The molecule has 112 valence electrons. The molecule has 0 aliphatic heterocycles. The van der Waals surface area contributed by atoms with E-state index in [0.717, 1.165) is 12.0 Å². The molecule has 0 bridgehead atoms. The van der Waals surface area contributed by atoms with Crippen LogP contribution in [0.5, 0.6) is 0 Å². The van der Waals surface area contributed by atoms with Gasteiger partial charge in [-0.1, -0.05) is 31.2 Å². The standard InChI is InChI=1S/C14H16ClN3O2S/c1-3-11-4-6-12(7-5-11)10(2)18-21(19,20)13-8-16-14(15)17-9-13/h4-10,18H,3H2,1-2H3. The third-order valence-electron chi connectivity index (χ3n) is 3.13. The van der Waals surface area contributed by atoms with E-state index in [2.05, 4.69) is 21.6 Å². The molecule has 0 fully saturated rings. The molecule has 0 radical (unpaired) electrons. The summed E-state index contributed by atoms with van der Waals surface area (Å²) in [5.74, 6) is 0. The van der Waals surface area contributed by atoms with Gasteiger partial charge in [-0.25, -0.2) is 23.1 Å². The molecule has 2 aromatic rings. The Kier molecular flexibility index (Phi) is 4.92. The van der Waals surface area contributed by atoms with Gasteiger partial charge in [-0.2, -0.15) is 0 Å². The number of nitrogens with zero attached hydrogens (tertiary/aromatic N) is 2. The number of rotatable bonds is 5. The molecule has 1 heterocycles. The van der Waals surface area contributed by atoms with Crippen LogP contribution in [0.2, 0.25) is 5.28 Å². The van der Waals surface area contributed by atoms with E-state index in [-0.39, 0.29) is 16.2 Å². The third-order valence-corrected chi connectivity index (χ3v) is 4.82. The van der Waals surface area contributed by atoms with E-state index in [1.807, 2.05) is 24.3 Å². The van der Waals surface area contributed by atoms with Crippen LogP contribution < -0.4 is 4.72 Å². The summed E-state index contributed by atoms with van der Waals surface area (Å²) in [7, 11) is -3.67. The topological polar surface area (TPSA) is 72.0 Å². The SMILES string of the molecule is CCc1ccc(C(C)NS(=O)(=O)c2cnc(Cl)nc2)cc1. The summed E-state index contributed by atoms with van der Waals surface area (Å²) in [6.07, 6.45) is 3.32. The fourth-order valence-corrected chi connectivity index (χ4v) is 3.07. The number of aryl methyl sites for hydroxylation is 1. The lowest BCUT2D eigenvalue weighted by Crippen LogP contribution is -2.27. The summed E-state index contributed by atoms with van der Waals surface area (Å²) in [5, 5.41) is 0.0113. The average Bonchev–Trinajstić information content (AvgIpc) is 2.47. The minimum atomic E-state index is -3.67. The molecule has 5 nitrogen and oxygen atoms in total. The lowest BCUT2D eigenvalue weighted by molar-refractivity contribution is 0.566. The van der Waals surface area contributed by atoms with Gasteiger partial charge in [-0.3, -0.25) is 0 Å². The second-order valence-electron chi connectivity index (χ2n) is 4.63. The third kappa shape index (κ3) is 4.00. The van der Waals surface area contributed by atoms with E-state index in [0.29, 0.717) is 0 Å². The highest BCUT2D eigenvalue weighted by Crippen LogP contribution is 2.17. The van der Waals surface area contributed by atoms with E-state index < -0.39 is 10.0 Å². The van der Waals surface area contributed by atoms with Gasteiger partial charge in [0.15, 0.2) is 0 Å². The summed E-state index contributed by atoms with van der Waals surface area (Å²) in [6.45, 7) is 3.86. The molecule has 0 aliphatic carbocycles. The van der Waals surface area contributed by atoms with E-state index >= 15 is 0 Å². The number of halogens is 1. The van der Waals surface area contributed by atoms with Gasteiger partial charge in [0.05, 0.1) is 12.4 Å². The van der Waals surface area contributed by atoms with Gasteiger partial charge in [0.25, 0.3) is 0 Å². The van der Waals surface area contributed by atoms with Crippen LogP contribution in [0.3, 0.4) is 0 Å². The highest BCUT2D eigenvalue weighted by molar-refractivity contribution is 7.89. The Morgan fingerprint density at radius 3 is 2.29 bits per heavy atom. The maximum absolute atomic E-state index is 12.2. The van der Waals surface area contributed by atoms with Gasteiger partial charge in [-0.05, 0) is 36.1 Å². The van der Waals surface area contributed by atoms with Crippen molar-refractivity contribution in [2.75, 3.05) is 0 Å². The van der Waals surface area contributed by atoms with Crippen molar-refractivity contribution >= 4 is 21.6 Å². The van der Waals surface area contributed by atoms with Crippen molar-refractivity contribution in [3.05, 3.63) is 53.1 Å². The summed E-state index contributed by atoms with van der Waals surface area (Å²) >= 11 is 5.55. The Morgan fingerprint density at radius 2 is 1.76 bits per heavy atom. The van der Waals surface area contributed by atoms with Gasteiger partial charge in [-0.15, -0.1) is 0 Å². The van der Waals surface area contributed by atoms with Gasteiger partial charge in [0, 0.05) is 6.04 Å². The van der Waals surface area contributed by atoms with Crippen molar-refractivity contribution in [1.82, 2.24) is 14.7 Å². The molecular formula is C14H16ClN3O2S. The van der Waals surface area contributed by atoms with Gasteiger partial charge >= 0.3 is 0 Å². The zero-order valence-electron chi connectivity index (χ0n) is 11.7. The number of nitrogens with one attached hydrogen (secondary N) is 1. The van der Waals surface area contributed by atoms with Crippen molar-refractivity contribution in [2.24, 2.45) is 0 Å². The van der Waals surface area contributed by atoms with E-state index in [9.17, 15) is 8.42 Å². The first-order valence-electron chi connectivity index (χ1n) is 6.51. The number of aromatic nitrogens is 2. The number of sulfonamides is 1.